The molecule has 1 heterocycles. The number of carboxylic acid groups (broad SMARTS) is 1. The molecule has 0 atom stereocenters. The number of rotatable bonds is 5. The van der Waals surface area contributed by atoms with Gasteiger partial charge in [-0.3, -0.25) is 0 Å². The van der Waals surface area contributed by atoms with Crippen molar-refractivity contribution in [2.75, 3.05) is 18.5 Å². The maximum absolute atomic E-state index is 11.0. The van der Waals surface area contributed by atoms with E-state index in [4.69, 9.17) is 5.11 Å². The Hall–Kier alpha value is -1.62. The van der Waals surface area contributed by atoms with Crippen molar-refractivity contribution in [1.29, 1.82) is 0 Å². The minimum Gasteiger partial charge on any atom is -0.478 e. The van der Waals surface area contributed by atoms with Crippen molar-refractivity contribution < 1.29 is 15.0 Å². The Labute approximate surface area is 107 Å². The van der Waals surface area contributed by atoms with E-state index < -0.39 is 11.6 Å². The number of aryl methyl sites for hydroxylation is 1. The van der Waals surface area contributed by atoms with Gasteiger partial charge in [0.25, 0.3) is 0 Å². The Kier molecular flexibility index (Phi) is 4.29. The van der Waals surface area contributed by atoms with Gasteiger partial charge in [-0.25, -0.2) is 9.78 Å². The SMILES string of the molecule is CCc1cc(C(=O)O)cc(N(C)CC(C)(C)O)n1. The van der Waals surface area contributed by atoms with Crippen molar-refractivity contribution in [3.63, 3.8) is 0 Å². The number of likely N-dealkylation sites (N-methyl/N-ethyl adjacent to an activating group) is 1. The predicted octanol–water partition coefficient (Wildman–Crippen LogP) is 1.55. The maximum Gasteiger partial charge on any atom is 0.335 e. The Morgan fingerprint density at radius 1 is 1.44 bits per heavy atom. The van der Waals surface area contributed by atoms with Gasteiger partial charge >= 0.3 is 5.97 Å². The quantitative estimate of drug-likeness (QED) is 0.831. The average molecular weight is 252 g/mol. The summed E-state index contributed by atoms with van der Waals surface area (Å²) in [5, 5.41) is 18.8. The van der Waals surface area contributed by atoms with Crippen LogP contribution in [0.15, 0.2) is 12.1 Å². The molecule has 0 saturated heterocycles. The lowest BCUT2D eigenvalue weighted by Gasteiger charge is -2.26. The van der Waals surface area contributed by atoms with E-state index in [0.29, 0.717) is 18.8 Å². The van der Waals surface area contributed by atoms with E-state index in [1.165, 1.54) is 6.07 Å². The first-order chi connectivity index (χ1) is 8.23. The van der Waals surface area contributed by atoms with Crippen LogP contribution < -0.4 is 4.90 Å². The van der Waals surface area contributed by atoms with Crippen LogP contribution in [0.3, 0.4) is 0 Å². The molecule has 0 aliphatic rings. The zero-order valence-corrected chi connectivity index (χ0v) is 11.3. The van der Waals surface area contributed by atoms with Crippen molar-refractivity contribution in [2.24, 2.45) is 0 Å². The predicted molar refractivity (Wildman–Crippen MR) is 70.1 cm³/mol. The van der Waals surface area contributed by atoms with Crippen LogP contribution in [0.1, 0.15) is 36.8 Å². The van der Waals surface area contributed by atoms with Gasteiger partial charge in [0, 0.05) is 19.3 Å². The summed E-state index contributed by atoms with van der Waals surface area (Å²) in [6.07, 6.45) is 0.671. The lowest BCUT2D eigenvalue weighted by Crippen LogP contribution is -2.36. The third kappa shape index (κ3) is 4.00. The highest BCUT2D eigenvalue weighted by atomic mass is 16.4. The Morgan fingerprint density at radius 2 is 2.06 bits per heavy atom. The lowest BCUT2D eigenvalue weighted by molar-refractivity contribution is 0.0696. The molecule has 100 valence electrons. The summed E-state index contributed by atoms with van der Waals surface area (Å²) in [4.78, 5) is 17.2. The van der Waals surface area contributed by atoms with Gasteiger partial charge < -0.3 is 15.1 Å². The highest BCUT2D eigenvalue weighted by Gasteiger charge is 2.18. The zero-order valence-electron chi connectivity index (χ0n) is 11.3. The topological polar surface area (TPSA) is 73.7 Å². The molecule has 0 unspecified atom stereocenters. The van der Waals surface area contributed by atoms with Crippen LogP contribution in [0.4, 0.5) is 5.82 Å². The van der Waals surface area contributed by atoms with E-state index >= 15 is 0 Å². The summed E-state index contributed by atoms with van der Waals surface area (Å²) < 4.78 is 0. The first-order valence-corrected chi connectivity index (χ1v) is 5.90. The molecule has 0 aliphatic heterocycles. The van der Waals surface area contributed by atoms with Crippen molar-refractivity contribution in [3.8, 4) is 0 Å². The molecule has 0 bridgehead atoms. The zero-order chi connectivity index (χ0) is 13.9. The number of hydrogen-bond acceptors (Lipinski definition) is 4. The molecule has 0 saturated carbocycles. The van der Waals surface area contributed by atoms with Gasteiger partial charge in [-0.1, -0.05) is 6.92 Å². The first-order valence-electron chi connectivity index (χ1n) is 5.90. The molecule has 1 rings (SSSR count). The Balaban J connectivity index is 3.07. The van der Waals surface area contributed by atoms with Crippen LogP contribution in [-0.4, -0.2) is 40.4 Å². The monoisotopic (exact) mass is 252 g/mol. The highest BCUT2D eigenvalue weighted by molar-refractivity contribution is 5.88. The second-order valence-corrected chi connectivity index (χ2v) is 5.03. The standard InChI is InChI=1S/C13H20N2O3/c1-5-10-6-9(12(16)17)7-11(14-10)15(4)8-13(2,3)18/h6-7,18H,5,8H2,1-4H3,(H,16,17). The molecule has 1 aromatic heterocycles. The minimum absolute atomic E-state index is 0.222. The lowest BCUT2D eigenvalue weighted by atomic mass is 10.1. The number of pyridine rings is 1. The largest absolute Gasteiger partial charge is 0.478 e. The summed E-state index contributed by atoms with van der Waals surface area (Å²) in [6.45, 7) is 5.70. The molecule has 0 radical (unpaired) electrons. The second-order valence-electron chi connectivity index (χ2n) is 5.03. The molecule has 0 amide bonds. The van der Waals surface area contributed by atoms with Crippen LogP contribution in [0.2, 0.25) is 0 Å². The van der Waals surface area contributed by atoms with Gasteiger partial charge in [0.1, 0.15) is 5.82 Å². The fourth-order valence-electron chi connectivity index (χ4n) is 1.73. The Bertz CT molecular complexity index is 438. The van der Waals surface area contributed by atoms with Crippen LogP contribution in [0.25, 0.3) is 0 Å². The van der Waals surface area contributed by atoms with Crippen LogP contribution in [0, 0.1) is 0 Å². The van der Waals surface area contributed by atoms with E-state index in [0.717, 1.165) is 5.69 Å². The van der Waals surface area contributed by atoms with E-state index in [1.54, 1.807) is 31.9 Å². The van der Waals surface area contributed by atoms with Crippen molar-refractivity contribution in [3.05, 3.63) is 23.4 Å². The van der Waals surface area contributed by atoms with E-state index in [1.807, 2.05) is 6.92 Å². The van der Waals surface area contributed by atoms with Gasteiger partial charge in [0.15, 0.2) is 0 Å². The van der Waals surface area contributed by atoms with Gasteiger partial charge in [-0.2, -0.15) is 0 Å². The van der Waals surface area contributed by atoms with Gasteiger partial charge in [0.2, 0.25) is 0 Å². The van der Waals surface area contributed by atoms with Crippen LogP contribution in [-0.2, 0) is 6.42 Å². The normalized spacial score (nSPS) is 11.4. The van der Waals surface area contributed by atoms with Gasteiger partial charge in [-0.05, 0) is 32.4 Å². The molecule has 5 heteroatoms. The van der Waals surface area contributed by atoms with Crippen molar-refractivity contribution in [1.82, 2.24) is 4.98 Å². The molecular weight excluding hydrogens is 232 g/mol. The number of nitrogens with zero attached hydrogens (tertiary/aromatic N) is 2. The van der Waals surface area contributed by atoms with Crippen LogP contribution >= 0.6 is 0 Å². The van der Waals surface area contributed by atoms with E-state index in [-0.39, 0.29) is 5.56 Å². The molecule has 0 aromatic carbocycles. The van der Waals surface area contributed by atoms with E-state index in [2.05, 4.69) is 4.98 Å². The number of aromatic carboxylic acids is 1. The number of anilines is 1. The fraction of sp³-hybridized carbons (Fsp3) is 0.538. The molecule has 18 heavy (non-hydrogen) atoms. The molecule has 0 spiro atoms. The Morgan fingerprint density at radius 3 is 2.50 bits per heavy atom. The molecule has 1 aromatic rings. The summed E-state index contributed by atoms with van der Waals surface area (Å²) in [7, 11) is 1.78. The molecule has 0 fully saturated rings. The average Bonchev–Trinajstić information content (AvgIpc) is 2.26. The third-order valence-corrected chi connectivity index (χ3v) is 2.49. The maximum atomic E-state index is 11.0. The second kappa shape index (κ2) is 5.35. The first kappa shape index (κ1) is 14.4. The number of carbonyl (C=O) groups is 1. The van der Waals surface area contributed by atoms with Gasteiger partial charge in [-0.15, -0.1) is 0 Å². The number of hydrogen-bond donors (Lipinski definition) is 2. The molecular formula is C13H20N2O3. The van der Waals surface area contributed by atoms with Crippen LogP contribution in [0.5, 0.6) is 0 Å². The molecule has 2 N–H and O–H groups in total. The third-order valence-electron chi connectivity index (χ3n) is 2.49. The van der Waals surface area contributed by atoms with Crippen molar-refractivity contribution in [2.45, 2.75) is 32.8 Å². The number of aromatic nitrogens is 1. The number of aliphatic hydroxyl groups is 1. The summed E-state index contributed by atoms with van der Waals surface area (Å²) in [6, 6.07) is 3.09. The summed E-state index contributed by atoms with van der Waals surface area (Å²) in [5.41, 5.74) is 0.0918. The smallest absolute Gasteiger partial charge is 0.335 e. The minimum atomic E-state index is -0.968. The number of carboxylic acids is 1. The van der Waals surface area contributed by atoms with Crippen molar-refractivity contribution >= 4 is 11.8 Å². The summed E-state index contributed by atoms with van der Waals surface area (Å²) in [5.74, 6) is -0.404. The molecule has 5 nitrogen and oxygen atoms in total. The highest BCUT2D eigenvalue weighted by Crippen LogP contribution is 2.17. The van der Waals surface area contributed by atoms with E-state index in [9.17, 15) is 9.90 Å². The van der Waals surface area contributed by atoms with Gasteiger partial charge in [0.05, 0.1) is 11.2 Å². The summed E-state index contributed by atoms with van der Waals surface area (Å²) >= 11 is 0. The fourth-order valence-corrected chi connectivity index (χ4v) is 1.73. The molecule has 0 aliphatic carbocycles.